The van der Waals surface area contributed by atoms with Crippen molar-refractivity contribution in [2.45, 2.75) is 31.4 Å². The highest BCUT2D eigenvalue weighted by Crippen LogP contribution is 2.38. The molecule has 0 unspecified atom stereocenters. The maximum atomic E-state index is 9.84. The molecule has 4 rings (SSSR count). The molecule has 1 aliphatic rings. The fraction of sp³-hybridized carbons (Fsp3) is 0.294. The number of rotatable bonds is 2. The van der Waals surface area contributed by atoms with Crippen LogP contribution in [0.4, 0.5) is 5.82 Å². The molecule has 1 fully saturated rings. The van der Waals surface area contributed by atoms with E-state index in [9.17, 15) is 5.11 Å². The highest BCUT2D eigenvalue weighted by atomic mass is 16.3. The first-order valence-corrected chi connectivity index (χ1v) is 7.58. The Hall–Kier alpha value is -2.40. The second-order valence-corrected chi connectivity index (χ2v) is 5.89. The second-order valence-electron chi connectivity index (χ2n) is 5.89. The summed E-state index contributed by atoms with van der Waals surface area (Å²) in [7, 11) is 0. The van der Waals surface area contributed by atoms with Gasteiger partial charge in [-0.15, -0.1) is 0 Å². The molecule has 22 heavy (non-hydrogen) atoms. The first kappa shape index (κ1) is 13.3. The molecule has 0 amide bonds. The Morgan fingerprint density at radius 3 is 2.68 bits per heavy atom. The molecule has 0 aliphatic heterocycles. The molecule has 2 heterocycles. The normalized spacial score (nSPS) is 21.5. The Labute approximate surface area is 128 Å². The molecule has 2 aromatic heterocycles. The van der Waals surface area contributed by atoms with Crippen LogP contribution in [0, 0.1) is 0 Å². The summed E-state index contributed by atoms with van der Waals surface area (Å²) < 4.78 is 2.16. The molecule has 5 nitrogen and oxygen atoms in total. The van der Waals surface area contributed by atoms with Crippen molar-refractivity contribution >= 4 is 16.9 Å². The van der Waals surface area contributed by atoms with Crippen molar-refractivity contribution in [3.63, 3.8) is 0 Å². The number of nitrogens with two attached hydrogens (primary N) is 1. The monoisotopic (exact) mass is 294 g/mol. The number of fused-ring (bicyclic) bond motifs is 1. The fourth-order valence-corrected chi connectivity index (χ4v) is 3.41. The van der Waals surface area contributed by atoms with Gasteiger partial charge in [-0.1, -0.05) is 30.3 Å². The Kier molecular flexibility index (Phi) is 3.08. The van der Waals surface area contributed by atoms with Gasteiger partial charge in [-0.25, -0.2) is 9.97 Å². The van der Waals surface area contributed by atoms with Crippen molar-refractivity contribution in [1.29, 1.82) is 0 Å². The molecule has 0 radical (unpaired) electrons. The molecule has 3 aromatic rings. The minimum absolute atomic E-state index is 0.221. The van der Waals surface area contributed by atoms with E-state index in [2.05, 4.69) is 32.9 Å². The third-order valence-corrected chi connectivity index (χ3v) is 4.49. The van der Waals surface area contributed by atoms with Gasteiger partial charge in [0.15, 0.2) is 0 Å². The lowest BCUT2D eigenvalue weighted by Gasteiger charge is -2.12. The Balaban J connectivity index is 1.94. The third-order valence-electron chi connectivity index (χ3n) is 4.49. The maximum Gasteiger partial charge on any atom is 0.146 e. The van der Waals surface area contributed by atoms with E-state index in [1.165, 1.54) is 6.33 Å². The Morgan fingerprint density at radius 2 is 1.95 bits per heavy atom. The lowest BCUT2D eigenvalue weighted by molar-refractivity contribution is 0.178. The maximum absolute atomic E-state index is 9.84. The van der Waals surface area contributed by atoms with Gasteiger partial charge in [0, 0.05) is 17.8 Å². The van der Waals surface area contributed by atoms with Gasteiger partial charge in [-0.2, -0.15) is 0 Å². The molecule has 0 bridgehead atoms. The van der Waals surface area contributed by atoms with Crippen molar-refractivity contribution in [2.24, 2.45) is 0 Å². The molecular weight excluding hydrogens is 276 g/mol. The average molecular weight is 294 g/mol. The zero-order valence-corrected chi connectivity index (χ0v) is 12.2. The molecule has 1 aliphatic carbocycles. The predicted octanol–water partition coefficient (Wildman–Crippen LogP) is 2.77. The molecular formula is C17H18N4O. The van der Waals surface area contributed by atoms with Crippen molar-refractivity contribution < 1.29 is 5.11 Å². The van der Waals surface area contributed by atoms with E-state index in [0.717, 1.165) is 41.4 Å². The fourth-order valence-electron chi connectivity index (χ4n) is 3.41. The Bertz CT molecular complexity index is 812. The number of hydrogen-bond donors (Lipinski definition) is 2. The third kappa shape index (κ3) is 2.05. The number of benzene rings is 1. The van der Waals surface area contributed by atoms with Crippen LogP contribution < -0.4 is 5.73 Å². The van der Waals surface area contributed by atoms with Crippen LogP contribution in [0.2, 0.25) is 0 Å². The number of anilines is 1. The summed E-state index contributed by atoms with van der Waals surface area (Å²) >= 11 is 0. The molecule has 5 heteroatoms. The van der Waals surface area contributed by atoms with Crippen LogP contribution in [0.5, 0.6) is 0 Å². The zero-order valence-electron chi connectivity index (χ0n) is 12.2. The highest BCUT2D eigenvalue weighted by Gasteiger charge is 2.27. The van der Waals surface area contributed by atoms with Crippen LogP contribution in [0.25, 0.3) is 22.2 Å². The first-order chi connectivity index (χ1) is 10.7. The number of aromatic nitrogens is 3. The van der Waals surface area contributed by atoms with Crippen LogP contribution in [0.3, 0.4) is 0 Å². The van der Waals surface area contributed by atoms with Gasteiger partial charge in [0.1, 0.15) is 17.8 Å². The average Bonchev–Trinajstić information content (AvgIpc) is 3.13. The zero-order chi connectivity index (χ0) is 15.1. The predicted molar refractivity (Wildman–Crippen MR) is 86.3 cm³/mol. The van der Waals surface area contributed by atoms with E-state index in [0.29, 0.717) is 5.82 Å². The first-order valence-electron chi connectivity index (χ1n) is 7.58. The van der Waals surface area contributed by atoms with Gasteiger partial charge in [-0.3, -0.25) is 0 Å². The topological polar surface area (TPSA) is 77.0 Å². The summed E-state index contributed by atoms with van der Waals surface area (Å²) in [5.74, 6) is 0.501. The van der Waals surface area contributed by atoms with Gasteiger partial charge < -0.3 is 15.4 Å². The van der Waals surface area contributed by atoms with Crippen LogP contribution in [-0.2, 0) is 0 Å². The minimum atomic E-state index is -0.221. The van der Waals surface area contributed by atoms with E-state index in [1.807, 2.05) is 18.2 Å². The molecule has 1 saturated carbocycles. The van der Waals surface area contributed by atoms with E-state index >= 15 is 0 Å². The van der Waals surface area contributed by atoms with Crippen LogP contribution in [0.1, 0.15) is 25.3 Å². The molecule has 3 N–H and O–H groups in total. The summed E-state index contributed by atoms with van der Waals surface area (Å²) in [6.45, 7) is 0. The SMILES string of the molecule is Nc1ncnc2c1c(-c1ccccc1)cn2[C@@H]1CC[C@H](O)C1. The summed E-state index contributed by atoms with van der Waals surface area (Å²) in [5, 5.41) is 10.7. The summed E-state index contributed by atoms with van der Waals surface area (Å²) in [5.41, 5.74) is 9.13. The lowest BCUT2D eigenvalue weighted by Crippen LogP contribution is -2.07. The summed E-state index contributed by atoms with van der Waals surface area (Å²) in [6.07, 6.45) is 5.96. The number of nitrogen functional groups attached to an aromatic ring is 1. The van der Waals surface area contributed by atoms with Gasteiger partial charge in [0.2, 0.25) is 0 Å². The van der Waals surface area contributed by atoms with Gasteiger partial charge in [0.25, 0.3) is 0 Å². The van der Waals surface area contributed by atoms with Crippen molar-refractivity contribution in [1.82, 2.24) is 14.5 Å². The minimum Gasteiger partial charge on any atom is -0.393 e. The molecule has 2 atom stereocenters. The molecule has 1 aromatic carbocycles. The number of aliphatic hydroxyl groups excluding tert-OH is 1. The summed E-state index contributed by atoms with van der Waals surface area (Å²) in [4.78, 5) is 8.60. The van der Waals surface area contributed by atoms with Crippen LogP contribution in [0.15, 0.2) is 42.9 Å². The van der Waals surface area contributed by atoms with Crippen molar-refractivity contribution in [3.8, 4) is 11.1 Å². The quantitative estimate of drug-likeness (QED) is 0.762. The molecule has 0 saturated heterocycles. The highest BCUT2D eigenvalue weighted by molar-refractivity contribution is 6.00. The smallest absolute Gasteiger partial charge is 0.146 e. The van der Waals surface area contributed by atoms with Gasteiger partial charge >= 0.3 is 0 Å². The Morgan fingerprint density at radius 1 is 1.14 bits per heavy atom. The number of aliphatic hydroxyl groups is 1. The largest absolute Gasteiger partial charge is 0.393 e. The van der Waals surface area contributed by atoms with Crippen molar-refractivity contribution in [2.75, 3.05) is 5.73 Å². The standard InChI is InChI=1S/C17H18N4O/c18-16-15-14(11-4-2-1-3-5-11)9-21(17(15)20-10-19-16)12-6-7-13(22)8-12/h1-5,9-10,12-13,22H,6-8H2,(H2,18,19,20)/t12-,13+/m1/s1. The van der Waals surface area contributed by atoms with E-state index < -0.39 is 0 Å². The van der Waals surface area contributed by atoms with E-state index in [1.54, 1.807) is 0 Å². The number of hydrogen-bond acceptors (Lipinski definition) is 4. The van der Waals surface area contributed by atoms with E-state index in [4.69, 9.17) is 5.73 Å². The van der Waals surface area contributed by atoms with Crippen molar-refractivity contribution in [3.05, 3.63) is 42.9 Å². The lowest BCUT2D eigenvalue weighted by atomic mass is 10.1. The van der Waals surface area contributed by atoms with Crippen LogP contribution >= 0.6 is 0 Å². The number of nitrogens with zero attached hydrogens (tertiary/aromatic N) is 3. The summed E-state index contributed by atoms with van der Waals surface area (Å²) in [6, 6.07) is 10.4. The second kappa shape index (κ2) is 5.10. The molecule has 112 valence electrons. The van der Waals surface area contributed by atoms with Gasteiger partial charge in [0.05, 0.1) is 11.5 Å². The van der Waals surface area contributed by atoms with E-state index in [-0.39, 0.29) is 12.1 Å². The van der Waals surface area contributed by atoms with Crippen LogP contribution in [-0.4, -0.2) is 25.7 Å². The van der Waals surface area contributed by atoms with Gasteiger partial charge in [-0.05, 0) is 24.8 Å². The molecule has 0 spiro atoms.